The van der Waals surface area contributed by atoms with Crippen molar-refractivity contribution < 1.29 is 5.11 Å². The van der Waals surface area contributed by atoms with E-state index < -0.39 is 5.60 Å². The van der Waals surface area contributed by atoms with Gasteiger partial charge in [0.05, 0.1) is 12.1 Å². The van der Waals surface area contributed by atoms with Crippen LogP contribution in [0.25, 0.3) is 0 Å². The van der Waals surface area contributed by atoms with Gasteiger partial charge in [-0.3, -0.25) is 0 Å². The van der Waals surface area contributed by atoms with Crippen LogP contribution in [-0.4, -0.2) is 17.3 Å². The minimum absolute atomic E-state index is 0.503. The third-order valence-electron chi connectivity index (χ3n) is 1.80. The minimum Gasteiger partial charge on any atom is -0.389 e. The Morgan fingerprint density at radius 2 is 1.87 bits per heavy atom. The largest absolute Gasteiger partial charge is 0.389 e. The van der Waals surface area contributed by atoms with Crippen LogP contribution in [0.4, 0.5) is 5.69 Å². The summed E-state index contributed by atoms with van der Waals surface area (Å²) in [6.45, 7) is 4.12. The van der Waals surface area contributed by atoms with Crippen molar-refractivity contribution in [2.75, 3.05) is 11.9 Å². The maximum absolute atomic E-state index is 9.41. The van der Waals surface area contributed by atoms with Crippen LogP contribution < -0.4 is 5.32 Å². The number of nitrogens with one attached hydrogen (secondary N) is 1. The van der Waals surface area contributed by atoms with E-state index in [0.29, 0.717) is 13.0 Å². The first kappa shape index (κ1) is 11.6. The summed E-state index contributed by atoms with van der Waals surface area (Å²) in [5.41, 5.74) is 0.370. The van der Waals surface area contributed by atoms with Gasteiger partial charge in [0.1, 0.15) is 0 Å². The highest BCUT2D eigenvalue weighted by molar-refractivity contribution is 5.43. The van der Waals surface area contributed by atoms with Gasteiger partial charge in [-0.15, -0.1) is 0 Å². The fraction of sp³-hybridized carbons (Fsp3) is 0.385. The molecule has 0 saturated carbocycles. The van der Waals surface area contributed by atoms with Crippen molar-refractivity contribution in [1.82, 2.24) is 0 Å². The van der Waals surface area contributed by atoms with Crippen molar-refractivity contribution in [2.45, 2.75) is 25.9 Å². The molecule has 1 aromatic rings. The van der Waals surface area contributed by atoms with Gasteiger partial charge in [-0.25, -0.2) is 0 Å². The van der Waals surface area contributed by atoms with Crippen LogP contribution in [0.15, 0.2) is 30.3 Å². The van der Waals surface area contributed by atoms with Crippen molar-refractivity contribution in [1.29, 1.82) is 0 Å². The molecule has 15 heavy (non-hydrogen) atoms. The lowest BCUT2D eigenvalue weighted by atomic mass is 10.1. The molecule has 0 spiro atoms. The number of rotatable bonds is 3. The molecule has 0 amide bonds. The zero-order chi connectivity index (χ0) is 11.1. The molecule has 0 radical (unpaired) electrons. The molecule has 80 valence electrons. The Hall–Kier alpha value is -1.46. The summed E-state index contributed by atoms with van der Waals surface area (Å²) in [5, 5.41) is 12.6. The standard InChI is InChI=1S/C13H17NO/c1-13(2,15)10-6-7-11-14-12-8-4-3-5-9-12/h3-5,8-9,14-15H,10-11H2,1-2H3. The summed E-state index contributed by atoms with van der Waals surface area (Å²) in [6, 6.07) is 9.93. The maximum Gasteiger partial charge on any atom is 0.0766 e. The minimum atomic E-state index is -0.695. The molecular formula is C13H17NO. The molecule has 0 bridgehead atoms. The lowest BCUT2D eigenvalue weighted by Crippen LogP contribution is -2.16. The van der Waals surface area contributed by atoms with Crippen molar-refractivity contribution in [3.8, 4) is 11.8 Å². The monoisotopic (exact) mass is 203 g/mol. The molecule has 1 aromatic carbocycles. The van der Waals surface area contributed by atoms with Gasteiger partial charge in [0.25, 0.3) is 0 Å². The van der Waals surface area contributed by atoms with Crippen LogP contribution in [-0.2, 0) is 0 Å². The van der Waals surface area contributed by atoms with E-state index in [1.165, 1.54) is 0 Å². The molecule has 2 heteroatoms. The summed E-state index contributed by atoms with van der Waals surface area (Å²) >= 11 is 0. The Labute approximate surface area is 91.3 Å². The first-order valence-electron chi connectivity index (χ1n) is 5.05. The number of hydrogen-bond acceptors (Lipinski definition) is 2. The fourth-order valence-electron chi connectivity index (χ4n) is 1.04. The molecule has 0 fully saturated rings. The zero-order valence-electron chi connectivity index (χ0n) is 9.25. The van der Waals surface area contributed by atoms with E-state index >= 15 is 0 Å². The lowest BCUT2D eigenvalue weighted by Gasteiger charge is -2.11. The van der Waals surface area contributed by atoms with E-state index in [2.05, 4.69) is 17.2 Å². The van der Waals surface area contributed by atoms with Crippen LogP contribution in [0, 0.1) is 11.8 Å². The van der Waals surface area contributed by atoms with Gasteiger partial charge < -0.3 is 10.4 Å². The van der Waals surface area contributed by atoms with Crippen molar-refractivity contribution in [2.24, 2.45) is 0 Å². The highest BCUT2D eigenvalue weighted by atomic mass is 16.3. The van der Waals surface area contributed by atoms with Gasteiger partial charge in [0, 0.05) is 12.1 Å². The number of benzene rings is 1. The molecule has 2 nitrogen and oxygen atoms in total. The van der Waals surface area contributed by atoms with Gasteiger partial charge in [-0.05, 0) is 26.0 Å². The lowest BCUT2D eigenvalue weighted by molar-refractivity contribution is 0.0862. The molecule has 0 atom stereocenters. The highest BCUT2D eigenvalue weighted by Crippen LogP contribution is 2.05. The first-order valence-corrected chi connectivity index (χ1v) is 5.05. The van der Waals surface area contributed by atoms with E-state index in [1.807, 2.05) is 30.3 Å². The van der Waals surface area contributed by atoms with Crippen LogP contribution in [0.1, 0.15) is 20.3 Å². The van der Waals surface area contributed by atoms with E-state index in [-0.39, 0.29) is 0 Å². The molecule has 0 saturated heterocycles. The fourth-order valence-corrected chi connectivity index (χ4v) is 1.04. The van der Waals surface area contributed by atoms with Crippen molar-refractivity contribution in [3.05, 3.63) is 30.3 Å². The molecule has 0 aliphatic carbocycles. The Morgan fingerprint density at radius 3 is 2.47 bits per heavy atom. The second kappa shape index (κ2) is 5.43. The molecule has 2 N–H and O–H groups in total. The molecule has 1 rings (SSSR count). The Kier molecular flexibility index (Phi) is 4.20. The molecule has 0 aliphatic heterocycles. The van der Waals surface area contributed by atoms with Crippen LogP contribution >= 0.6 is 0 Å². The molecule has 0 heterocycles. The van der Waals surface area contributed by atoms with E-state index in [4.69, 9.17) is 0 Å². The van der Waals surface area contributed by atoms with Gasteiger partial charge in [0.2, 0.25) is 0 Å². The van der Waals surface area contributed by atoms with E-state index in [9.17, 15) is 5.11 Å². The average Bonchev–Trinajstić information content (AvgIpc) is 2.17. The summed E-state index contributed by atoms with van der Waals surface area (Å²) in [6.07, 6.45) is 0.503. The third kappa shape index (κ3) is 5.77. The zero-order valence-corrected chi connectivity index (χ0v) is 9.25. The summed E-state index contributed by atoms with van der Waals surface area (Å²) in [7, 11) is 0. The van der Waals surface area contributed by atoms with Gasteiger partial charge >= 0.3 is 0 Å². The van der Waals surface area contributed by atoms with Gasteiger partial charge in [-0.2, -0.15) is 0 Å². The van der Waals surface area contributed by atoms with E-state index in [1.54, 1.807) is 13.8 Å². The Bertz CT molecular complexity index is 340. The van der Waals surface area contributed by atoms with Crippen LogP contribution in [0.5, 0.6) is 0 Å². The molecule has 0 aliphatic rings. The van der Waals surface area contributed by atoms with Crippen molar-refractivity contribution in [3.63, 3.8) is 0 Å². The number of para-hydroxylation sites is 1. The van der Waals surface area contributed by atoms with Gasteiger partial charge in [-0.1, -0.05) is 30.0 Å². The first-order chi connectivity index (χ1) is 7.08. The second-order valence-electron chi connectivity index (χ2n) is 4.06. The summed E-state index contributed by atoms with van der Waals surface area (Å²) < 4.78 is 0. The number of anilines is 1. The van der Waals surface area contributed by atoms with Gasteiger partial charge in [0.15, 0.2) is 0 Å². The van der Waals surface area contributed by atoms with Crippen LogP contribution in [0.2, 0.25) is 0 Å². The Morgan fingerprint density at radius 1 is 1.20 bits per heavy atom. The second-order valence-corrected chi connectivity index (χ2v) is 4.06. The molecular weight excluding hydrogens is 186 g/mol. The predicted molar refractivity (Wildman–Crippen MR) is 63.6 cm³/mol. The maximum atomic E-state index is 9.41. The Balaban J connectivity index is 2.28. The summed E-state index contributed by atoms with van der Waals surface area (Å²) in [4.78, 5) is 0. The average molecular weight is 203 g/mol. The molecule has 0 unspecified atom stereocenters. The number of hydrogen-bond donors (Lipinski definition) is 2. The predicted octanol–water partition coefficient (Wildman–Crippen LogP) is 2.26. The SMILES string of the molecule is CC(C)(O)CC#CCNc1ccccc1. The van der Waals surface area contributed by atoms with Crippen LogP contribution in [0.3, 0.4) is 0 Å². The smallest absolute Gasteiger partial charge is 0.0766 e. The molecule has 0 aromatic heterocycles. The third-order valence-corrected chi connectivity index (χ3v) is 1.80. The number of aliphatic hydroxyl groups is 1. The normalized spacial score (nSPS) is 10.3. The topological polar surface area (TPSA) is 32.3 Å². The highest BCUT2D eigenvalue weighted by Gasteiger charge is 2.08. The quantitative estimate of drug-likeness (QED) is 0.739. The van der Waals surface area contributed by atoms with E-state index in [0.717, 1.165) is 5.69 Å². The van der Waals surface area contributed by atoms with Crippen molar-refractivity contribution >= 4 is 5.69 Å². The summed E-state index contributed by atoms with van der Waals surface area (Å²) in [5.74, 6) is 5.90.